The van der Waals surface area contributed by atoms with Crippen LogP contribution in [0.1, 0.15) is 0 Å². The van der Waals surface area contributed by atoms with Crippen LogP contribution in [0.5, 0.6) is 5.75 Å². The molecule has 0 atom stereocenters. The maximum Gasteiger partial charge on any atom is 0.263 e. The first-order valence-electron chi connectivity index (χ1n) is 5.44. The van der Waals surface area contributed by atoms with Crippen LogP contribution in [0.25, 0.3) is 0 Å². The van der Waals surface area contributed by atoms with Crippen LogP contribution in [-0.4, -0.2) is 17.5 Å². The Balaban J connectivity index is 1.90. The zero-order valence-corrected chi connectivity index (χ0v) is 12.1. The van der Waals surface area contributed by atoms with Gasteiger partial charge in [-0.15, -0.1) is 0 Å². The summed E-state index contributed by atoms with van der Waals surface area (Å²) >= 11 is 9.12. The zero-order chi connectivity index (χ0) is 13.7. The van der Waals surface area contributed by atoms with Crippen LogP contribution in [0.3, 0.4) is 0 Å². The highest BCUT2D eigenvalue weighted by Gasteiger charge is 2.06. The van der Waals surface area contributed by atoms with Crippen molar-refractivity contribution in [2.45, 2.75) is 0 Å². The van der Waals surface area contributed by atoms with Gasteiger partial charge in [0.05, 0.1) is 4.47 Å². The zero-order valence-electron chi connectivity index (χ0n) is 9.77. The summed E-state index contributed by atoms with van der Waals surface area (Å²) in [5, 5.41) is 3.22. The fourth-order valence-corrected chi connectivity index (χ4v) is 2.15. The Morgan fingerprint density at radius 3 is 2.89 bits per heavy atom. The quantitative estimate of drug-likeness (QED) is 0.926. The lowest BCUT2D eigenvalue weighted by atomic mass is 10.3. The molecule has 1 N–H and O–H groups in total. The summed E-state index contributed by atoms with van der Waals surface area (Å²) in [7, 11) is 0. The fraction of sp³-hybridized carbons (Fsp3) is 0.0769. The summed E-state index contributed by atoms with van der Waals surface area (Å²) in [5.74, 6) is 0.771. The van der Waals surface area contributed by atoms with E-state index in [2.05, 4.69) is 26.2 Å². The van der Waals surface area contributed by atoms with E-state index in [1.54, 1.807) is 42.6 Å². The first-order chi connectivity index (χ1) is 9.15. The molecule has 0 fully saturated rings. The van der Waals surface area contributed by atoms with Crippen LogP contribution in [0.15, 0.2) is 47.1 Å². The van der Waals surface area contributed by atoms with E-state index in [1.807, 2.05) is 0 Å². The maximum atomic E-state index is 11.6. The third-order valence-electron chi connectivity index (χ3n) is 2.19. The highest BCUT2D eigenvalue weighted by atomic mass is 79.9. The van der Waals surface area contributed by atoms with Gasteiger partial charge in [-0.3, -0.25) is 4.79 Å². The minimum atomic E-state index is -0.277. The second-order valence-corrected chi connectivity index (χ2v) is 4.92. The largest absolute Gasteiger partial charge is 0.483 e. The van der Waals surface area contributed by atoms with Crippen molar-refractivity contribution in [3.63, 3.8) is 0 Å². The monoisotopic (exact) mass is 340 g/mol. The highest BCUT2D eigenvalue weighted by Crippen LogP contribution is 2.27. The molecule has 0 bridgehead atoms. The number of ether oxygens (including phenoxy) is 1. The van der Waals surface area contributed by atoms with Crippen LogP contribution in [0, 0.1) is 0 Å². The third-order valence-corrected chi connectivity index (χ3v) is 3.04. The number of hydrogen-bond donors (Lipinski definition) is 1. The lowest BCUT2D eigenvalue weighted by molar-refractivity contribution is -0.118. The summed E-state index contributed by atoms with van der Waals surface area (Å²) in [6.07, 6.45) is 1.60. The molecule has 0 spiro atoms. The van der Waals surface area contributed by atoms with Gasteiger partial charge in [-0.1, -0.05) is 17.7 Å². The molecule has 1 aromatic carbocycles. The van der Waals surface area contributed by atoms with Crippen molar-refractivity contribution >= 4 is 39.3 Å². The Hall–Kier alpha value is -1.59. The van der Waals surface area contributed by atoms with Crippen molar-refractivity contribution in [2.24, 2.45) is 0 Å². The van der Waals surface area contributed by atoms with E-state index in [1.165, 1.54) is 0 Å². The number of halogens is 2. The van der Waals surface area contributed by atoms with Crippen LogP contribution < -0.4 is 10.1 Å². The number of benzene rings is 1. The van der Waals surface area contributed by atoms with Crippen LogP contribution in [-0.2, 0) is 4.79 Å². The van der Waals surface area contributed by atoms with E-state index in [0.717, 1.165) is 0 Å². The fourth-order valence-electron chi connectivity index (χ4n) is 1.35. The number of carbonyl (C=O) groups excluding carboxylic acids is 1. The molecule has 6 heteroatoms. The van der Waals surface area contributed by atoms with Gasteiger partial charge in [-0.05, 0) is 46.3 Å². The summed E-state index contributed by atoms with van der Waals surface area (Å²) in [4.78, 5) is 15.6. The van der Waals surface area contributed by atoms with E-state index in [0.29, 0.717) is 21.1 Å². The molecule has 0 unspecified atom stereocenters. The Morgan fingerprint density at radius 1 is 1.37 bits per heavy atom. The minimum absolute atomic E-state index is 0.100. The number of anilines is 1. The number of rotatable bonds is 4. The molecule has 0 aliphatic heterocycles. The Bertz CT molecular complexity index is 578. The maximum absolute atomic E-state index is 11.6. The SMILES string of the molecule is O=C(COc1ccc(Cl)cc1Br)Nc1ccccn1. The second kappa shape index (κ2) is 6.54. The molecule has 19 heavy (non-hydrogen) atoms. The van der Waals surface area contributed by atoms with Gasteiger partial charge in [0.25, 0.3) is 5.91 Å². The number of hydrogen-bond acceptors (Lipinski definition) is 3. The van der Waals surface area contributed by atoms with Gasteiger partial charge < -0.3 is 10.1 Å². The van der Waals surface area contributed by atoms with Crippen LogP contribution in [0.2, 0.25) is 5.02 Å². The topological polar surface area (TPSA) is 51.2 Å². The Kier molecular flexibility index (Phi) is 4.76. The van der Waals surface area contributed by atoms with Crippen molar-refractivity contribution in [1.29, 1.82) is 0 Å². The smallest absolute Gasteiger partial charge is 0.263 e. The van der Waals surface area contributed by atoms with E-state index in [-0.39, 0.29) is 12.5 Å². The molecule has 98 valence electrons. The lowest BCUT2D eigenvalue weighted by Gasteiger charge is -2.08. The van der Waals surface area contributed by atoms with Crippen molar-refractivity contribution < 1.29 is 9.53 Å². The van der Waals surface area contributed by atoms with Gasteiger partial charge in [-0.25, -0.2) is 4.98 Å². The Labute approximate surface area is 123 Å². The summed E-state index contributed by atoms with van der Waals surface area (Å²) in [5.41, 5.74) is 0. The standard InChI is InChI=1S/C13H10BrClN2O2/c14-10-7-9(15)4-5-11(10)19-8-13(18)17-12-3-1-2-6-16-12/h1-7H,8H2,(H,16,17,18). The van der Waals surface area contributed by atoms with Gasteiger partial charge in [0.15, 0.2) is 6.61 Å². The van der Waals surface area contributed by atoms with Gasteiger partial charge in [-0.2, -0.15) is 0 Å². The van der Waals surface area contributed by atoms with E-state index in [4.69, 9.17) is 16.3 Å². The first-order valence-corrected chi connectivity index (χ1v) is 6.61. The number of aromatic nitrogens is 1. The Morgan fingerprint density at radius 2 is 2.21 bits per heavy atom. The predicted octanol–water partition coefficient (Wildman–Crippen LogP) is 3.52. The molecule has 1 amide bonds. The van der Waals surface area contributed by atoms with Gasteiger partial charge >= 0.3 is 0 Å². The highest BCUT2D eigenvalue weighted by molar-refractivity contribution is 9.10. The lowest BCUT2D eigenvalue weighted by Crippen LogP contribution is -2.20. The summed E-state index contributed by atoms with van der Waals surface area (Å²) in [6, 6.07) is 10.4. The van der Waals surface area contributed by atoms with Crippen molar-refractivity contribution in [3.05, 3.63) is 52.1 Å². The number of nitrogens with zero attached hydrogens (tertiary/aromatic N) is 1. The normalized spacial score (nSPS) is 10.0. The molecule has 0 aliphatic rings. The molecule has 0 radical (unpaired) electrons. The minimum Gasteiger partial charge on any atom is -0.483 e. The van der Waals surface area contributed by atoms with Crippen molar-refractivity contribution in [3.8, 4) is 5.75 Å². The average molecular weight is 342 g/mol. The van der Waals surface area contributed by atoms with Crippen molar-refractivity contribution in [2.75, 3.05) is 11.9 Å². The molecule has 0 aliphatic carbocycles. The summed E-state index contributed by atoms with van der Waals surface area (Å²) < 4.78 is 6.08. The summed E-state index contributed by atoms with van der Waals surface area (Å²) in [6.45, 7) is -0.100. The molecular weight excluding hydrogens is 332 g/mol. The number of nitrogens with one attached hydrogen (secondary N) is 1. The molecule has 2 rings (SSSR count). The van der Waals surface area contributed by atoms with E-state index < -0.39 is 0 Å². The molecule has 0 saturated carbocycles. The predicted molar refractivity (Wildman–Crippen MR) is 77.5 cm³/mol. The molecular formula is C13H10BrClN2O2. The van der Waals surface area contributed by atoms with E-state index >= 15 is 0 Å². The average Bonchev–Trinajstić information content (AvgIpc) is 2.39. The van der Waals surface area contributed by atoms with Crippen molar-refractivity contribution in [1.82, 2.24) is 4.98 Å². The van der Waals surface area contributed by atoms with Crippen LogP contribution >= 0.6 is 27.5 Å². The van der Waals surface area contributed by atoms with Gasteiger partial charge in [0.2, 0.25) is 0 Å². The van der Waals surface area contributed by atoms with E-state index in [9.17, 15) is 4.79 Å². The first kappa shape index (κ1) is 13.8. The number of carbonyl (C=O) groups is 1. The molecule has 1 aromatic heterocycles. The molecule has 2 aromatic rings. The number of amides is 1. The molecule has 0 saturated heterocycles. The van der Waals surface area contributed by atoms with Crippen LogP contribution in [0.4, 0.5) is 5.82 Å². The second-order valence-electron chi connectivity index (χ2n) is 3.63. The number of pyridine rings is 1. The third kappa shape index (κ3) is 4.22. The van der Waals surface area contributed by atoms with Gasteiger partial charge in [0, 0.05) is 11.2 Å². The molecule has 1 heterocycles. The molecule has 4 nitrogen and oxygen atoms in total. The van der Waals surface area contributed by atoms with Gasteiger partial charge in [0.1, 0.15) is 11.6 Å².